The highest BCUT2D eigenvalue weighted by molar-refractivity contribution is 5.47. The predicted molar refractivity (Wildman–Crippen MR) is 64.8 cm³/mol. The normalized spacial score (nSPS) is 10.6. The molecule has 0 bridgehead atoms. The van der Waals surface area contributed by atoms with Gasteiger partial charge in [-0.05, 0) is 36.8 Å². The molecule has 0 unspecified atom stereocenters. The summed E-state index contributed by atoms with van der Waals surface area (Å²) in [5.41, 5.74) is 0.132. The van der Waals surface area contributed by atoms with Crippen LogP contribution in [0.3, 0.4) is 0 Å². The van der Waals surface area contributed by atoms with Crippen molar-refractivity contribution in [2.45, 2.75) is 13.5 Å². The molecule has 0 atom stereocenters. The molecule has 0 aliphatic rings. The Kier molecular flexibility index (Phi) is 3.74. The summed E-state index contributed by atoms with van der Waals surface area (Å²) in [5.74, 6) is -2.41. The van der Waals surface area contributed by atoms with Crippen molar-refractivity contribution in [2.75, 3.05) is 5.32 Å². The summed E-state index contributed by atoms with van der Waals surface area (Å²) < 4.78 is 53.1. The first-order valence-corrected chi connectivity index (χ1v) is 5.61. The van der Waals surface area contributed by atoms with Crippen molar-refractivity contribution in [2.24, 2.45) is 0 Å². The first-order valence-electron chi connectivity index (χ1n) is 5.61. The SMILES string of the molecule is Cc1cc(F)c(NCc2cc(F)ccc2F)cc1F. The van der Waals surface area contributed by atoms with Crippen LogP contribution in [0.1, 0.15) is 11.1 Å². The minimum atomic E-state index is -0.643. The van der Waals surface area contributed by atoms with Crippen LogP contribution in [-0.2, 0) is 6.54 Å². The minimum absolute atomic E-state index is 0.0420. The zero-order chi connectivity index (χ0) is 14.0. The predicted octanol–water partition coefficient (Wildman–Crippen LogP) is 4.16. The van der Waals surface area contributed by atoms with Crippen LogP contribution in [0, 0.1) is 30.2 Å². The van der Waals surface area contributed by atoms with Crippen LogP contribution in [-0.4, -0.2) is 0 Å². The van der Waals surface area contributed by atoms with Gasteiger partial charge in [-0.3, -0.25) is 0 Å². The number of halogens is 4. The Labute approximate surface area is 107 Å². The van der Waals surface area contributed by atoms with Crippen LogP contribution in [0.2, 0.25) is 0 Å². The van der Waals surface area contributed by atoms with Crippen molar-refractivity contribution in [3.8, 4) is 0 Å². The van der Waals surface area contributed by atoms with E-state index in [1.54, 1.807) is 0 Å². The van der Waals surface area contributed by atoms with E-state index in [2.05, 4.69) is 5.32 Å². The Morgan fingerprint density at radius 1 is 0.895 bits per heavy atom. The Balaban J connectivity index is 2.19. The second-order valence-corrected chi connectivity index (χ2v) is 4.17. The zero-order valence-electron chi connectivity index (χ0n) is 10.1. The van der Waals surface area contributed by atoms with Crippen LogP contribution in [0.25, 0.3) is 0 Å². The van der Waals surface area contributed by atoms with Gasteiger partial charge in [0.25, 0.3) is 0 Å². The van der Waals surface area contributed by atoms with E-state index in [1.165, 1.54) is 6.92 Å². The number of anilines is 1. The lowest BCUT2D eigenvalue weighted by Gasteiger charge is -2.10. The largest absolute Gasteiger partial charge is 0.378 e. The van der Waals surface area contributed by atoms with Gasteiger partial charge in [0, 0.05) is 18.2 Å². The molecule has 2 aromatic rings. The van der Waals surface area contributed by atoms with Crippen LogP contribution in [0.5, 0.6) is 0 Å². The molecule has 1 N–H and O–H groups in total. The fourth-order valence-electron chi connectivity index (χ4n) is 1.65. The van der Waals surface area contributed by atoms with Crippen molar-refractivity contribution in [1.29, 1.82) is 0 Å². The van der Waals surface area contributed by atoms with Crippen LogP contribution in [0.15, 0.2) is 30.3 Å². The zero-order valence-corrected chi connectivity index (χ0v) is 10.1. The van der Waals surface area contributed by atoms with Gasteiger partial charge in [0.05, 0.1) is 5.69 Å². The third-order valence-corrected chi connectivity index (χ3v) is 2.73. The molecular weight excluding hydrogens is 258 g/mol. The lowest BCUT2D eigenvalue weighted by Crippen LogP contribution is -2.05. The monoisotopic (exact) mass is 269 g/mol. The number of aryl methyl sites for hydroxylation is 1. The fraction of sp³-hybridized carbons (Fsp3) is 0.143. The van der Waals surface area contributed by atoms with Crippen molar-refractivity contribution < 1.29 is 17.6 Å². The third-order valence-electron chi connectivity index (χ3n) is 2.73. The molecule has 0 heterocycles. The van der Waals surface area contributed by atoms with Gasteiger partial charge in [0.2, 0.25) is 0 Å². The fourth-order valence-corrected chi connectivity index (χ4v) is 1.65. The lowest BCUT2D eigenvalue weighted by atomic mass is 10.1. The number of rotatable bonds is 3. The number of hydrogen-bond donors (Lipinski definition) is 1. The standard InChI is InChI=1S/C14H11F4N/c1-8-4-13(18)14(6-12(8)17)19-7-9-5-10(15)2-3-11(9)16/h2-6,19H,7H2,1H3. The van der Waals surface area contributed by atoms with Crippen LogP contribution in [0.4, 0.5) is 23.2 Å². The van der Waals surface area contributed by atoms with Gasteiger partial charge in [0.15, 0.2) is 0 Å². The summed E-state index contributed by atoms with van der Waals surface area (Å²) in [6.45, 7) is 1.30. The van der Waals surface area contributed by atoms with Gasteiger partial charge in [0.1, 0.15) is 23.3 Å². The maximum Gasteiger partial charge on any atom is 0.146 e. The summed E-state index contributed by atoms with van der Waals surface area (Å²) in [5, 5.41) is 2.54. The molecule has 0 aliphatic carbocycles. The minimum Gasteiger partial charge on any atom is -0.378 e. The average molecular weight is 269 g/mol. The maximum atomic E-state index is 13.5. The van der Waals surface area contributed by atoms with E-state index in [4.69, 9.17) is 0 Å². The van der Waals surface area contributed by atoms with Gasteiger partial charge in [-0.25, -0.2) is 17.6 Å². The van der Waals surface area contributed by atoms with E-state index in [-0.39, 0.29) is 23.4 Å². The Morgan fingerprint density at radius 3 is 2.37 bits per heavy atom. The molecule has 100 valence electrons. The summed E-state index contributed by atoms with van der Waals surface area (Å²) in [4.78, 5) is 0. The molecule has 0 saturated carbocycles. The first-order chi connectivity index (χ1) is 8.97. The molecule has 1 nitrogen and oxygen atoms in total. The highest BCUT2D eigenvalue weighted by atomic mass is 19.1. The molecule has 0 spiro atoms. The number of hydrogen-bond acceptors (Lipinski definition) is 1. The van der Waals surface area contributed by atoms with Crippen molar-refractivity contribution in [3.05, 3.63) is 64.7 Å². The van der Waals surface area contributed by atoms with E-state index in [9.17, 15) is 17.6 Å². The van der Waals surface area contributed by atoms with Crippen LogP contribution >= 0.6 is 0 Å². The van der Waals surface area contributed by atoms with Gasteiger partial charge in [-0.2, -0.15) is 0 Å². The Morgan fingerprint density at radius 2 is 1.63 bits per heavy atom. The van der Waals surface area contributed by atoms with Crippen LogP contribution < -0.4 is 5.32 Å². The molecule has 0 aromatic heterocycles. The highest BCUT2D eigenvalue weighted by Gasteiger charge is 2.09. The van der Waals surface area contributed by atoms with Crippen molar-refractivity contribution in [1.82, 2.24) is 0 Å². The van der Waals surface area contributed by atoms with Crippen molar-refractivity contribution >= 4 is 5.69 Å². The summed E-state index contributed by atoms with van der Waals surface area (Å²) in [6, 6.07) is 5.01. The van der Waals surface area contributed by atoms with E-state index >= 15 is 0 Å². The quantitative estimate of drug-likeness (QED) is 0.825. The van der Waals surface area contributed by atoms with Gasteiger partial charge in [-0.15, -0.1) is 0 Å². The molecule has 0 radical (unpaired) electrons. The van der Waals surface area contributed by atoms with E-state index in [1.807, 2.05) is 0 Å². The second-order valence-electron chi connectivity index (χ2n) is 4.17. The molecule has 0 amide bonds. The Bertz CT molecular complexity index is 611. The van der Waals surface area contributed by atoms with Crippen molar-refractivity contribution in [3.63, 3.8) is 0 Å². The topological polar surface area (TPSA) is 12.0 Å². The molecule has 2 rings (SSSR count). The smallest absolute Gasteiger partial charge is 0.146 e. The van der Waals surface area contributed by atoms with Gasteiger partial charge < -0.3 is 5.32 Å². The highest BCUT2D eigenvalue weighted by Crippen LogP contribution is 2.20. The summed E-state index contributed by atoms with van der Waals surface area (Å²) in [6.07, 6.45) is 0. The molecule has 0 saturated heterocycles. The Hall–Kier alpha value is -2.04. The van der Waals surface area contributed by atoms with E-state index < -0.39 is 23.3 Å². The second kappa shape index (κ2) is 5.30. The molecule has 0 fully saturated rings. The van der Waals surface area contributed by atoms with Gasteiger partial charge >= 0.3 is 0 Å². The molecule has 19 heavy (non-hydrogen) atoms. The van der Waals surface area contributed by atoms with E-state index in [0.29, 0.717) is 0 Å². The maximum absolute atomic E-state index is 13.5. The lowest BCUT2D eigenvalue weighted by molar-refractivity contribution is 0.584. The van der Waals surface area contributed by atoms with Gasteiger partial charge in [-0.1, -0.05) is 0 Å². The third kappa shape index (κ3) is 3.05. The average Bonchev–Trinajstić information content (AvgIpc) is 2.36. The summed E-state index contributed by atoms with van der Waals surface area (Å²) >= 11 is 0. The molecule has 0 aliphatic heterocycles. The number of nitrogens with one attached hydrogen (secondary N) is 1. The molecule has 2 aromatic carbocycles. The van der Waals surface area contributed by atoms with E-state index in [0.717, 1.165) is 30.3 Å². The summed E-state index contributed by atoms with van der Waals surface area (Å²) in [7, 11) is 0. The molecule has 5 heteroatoms. The molecular formula is C14H11F4N. The number of benzene rings is 2. The first kappa shape index (κ1) is 13.4.